The zero-order valence-electron chi connectivity index (χ0n) is 10.3. The fourth-order valence-corrected chi connectivity index (χ4v) is 2.80. The number of morpholine rings is 1. The normalized spacial score (nSPS) is 35.7. The van der Waals surface area contributed by atoms with Crippen LogP contribution in [0.4, 0.5) is 0 Å². The zero-order chi connectivity index (χ0) is 12.3. The molecule has 0 spiro atoms. The van der Waals surface area contributed by atoms with E-state index >= 15 is 0 Å². The molecular weight excluding hydrogens is 222 g/mol. The van der Waals surface area contributed by atoms with Crippen LogP contribution < -0.4 is 0 Å². The highest BCUT2D eigenvalue weighted by atomic mass is 16.5. The lowest BCUT2D eigenvalue weighted by atomic mass is 9.99. The second kappa shape index (κ2) is 5.80. The second-order valence-electron chi connectivity index (χ2n) is 4.92. The molecule has 0 aromatic carbocycles. The Bertz CT molecular complexity index is 271. The van der Waals surface area contributed by atoms with Crippen LogP contribution in [0.1, 0.15) is 26.2 Å². The summed E-state index contributed by atoms with van der Waals surface area (Å²) in [6.45, 7) is 4.96. The second-order valence-corrected chi connectivity index (χ2v) is 4.92. The summed E-state index contributed by atoms with van der Waals surface area (Å²) >= 11 is 0. The Balaban J connectivity index is 1.97. The molecule has 2 rings (SSSR count). The van der Waals surface area contributed by atoms with Crippen molar-refractivity contribution in [3.05, 3.63) is 0 Å². The van der Waals surface area contributed by atoms with E-state index in [1.165, 1.54) is 0 Å². The molecule has 0 aromatic rings. The van der Waals surface area contributed by atoms with Crippen LogP contribution in [0.5, 0.6) is 0 Å². The molecule has 3 unspecified atom stereocenters. The summed E-state index contributed by atoms with van der Waals surface area (Å²) < 4.78 is 10.9. The predicted octanol–water partition coefficient (Wildman–Crippen LogP) is 0.729. The van der Waals surface area contributed by atoms with Gasteiger partial charge in [-0.25, -0.2) is 0 Å². The molecule has 0 aromatic heterocycles. The van der Waals surface area contributed by atoms with Crippen LogP contribution in [0, 0.1) is 0 Å². The first-order valence-corrected chi connectivity index (χ1v) is 6.33. The van der Waals surface area contributed by atoms with Crippen LogP contribution in [0.3, 0.4) is 0 Å². The van der Waals surface area contributed by atoms with Gasteiger partial charge in [-0.1, -0.05) is 0 Å². The molecule has 2 fully saturated rings. The van der Waals surface area contributed by atoms with Crippen molar-refractivity contribution in [1.82, 2.24) is 4.90 Å². The van der Waals surface area contributed by atoms with Crippen LogP contribution in [-0.4, -0.2) is 60.5 Å². The minimum Gasteiger partial charge on any atom is -0.481 e. The van der Waals surface area contributed by atoms with Crippen LogP contribution in [0.2, 0.25) is 0 Å². The van der Waals surface area contributed by atoms with E-state index in [1.807, 2.05) is 0 Å². The number of carboxylic acid groups (broad SMARTS) is 1. The molecule has 98 valence electrons. The van der Waals surface area contributed by atoms with Crippen molar-refractivity contribution < 1.29 is 19.4 Å². The number of hydrogen-bond acceptors (Lipinski definition) is 4. The number of carbonyl (C=O) groups is 1. The van der Waals surface area contributed by atoms with E-state index in [1.54, 1.807) is 0 Å². The van der Waals surface area contributed by atoms with Gasteiger partial charge in [-0.15, -0.1) is 0 Å². The Morgan fingerprint density at radius 2 is 2.29 bits per heavy atom. The van der Waals surface area contributed by atoms with Gasteiger partial charge in [0.25, 0.3) is 0 Å². The summed E-state index contributed by atoms with van der Waals surface area (Å²) in [7, 11) is 0. The van der Waals surface area contributed by atoms with Gasteiger partial charge in [0.2, 0.25) is 0 Å². The van der Waals surface area contributed by atoms with Crippen molar-refractivity contribution in [2.45, 2.75) is 44.4 Å². The van der Waals surface area contributed by atoms with Gasteiger partial charge in [0.15, 0.2) is 0 Å². The molecule has 17 heavy (non-hydrogen) atoms. The summed E-state index contributed by atoms with van der Waals surface area (Å²) in [5, 5.41) is 8.93. The highest BCUT2D eigenvalue weighted by Crippen LogP contribution is 2.24. The molecular formula is C12H21NO4. The van der Waals surface area contributed by atoms with E-state index in [2.05, 4.69) is 11.8 Å². The lowest BCUT2D eigenvalue weighted by Crippen LogP contribution is -2.53. The van der Waals surface area contributed by atoms with E-state index < -0.39 is 5.97 Å². The Morgan fingerprint density at radius 3 is 3.00 bits per heavy atom. The average Bonchev–Trinajstić information content (AvgIpc) is 2.29. The summed E-state index contributed by atoms with van der Waals surface area (Å²) in [5.41, 5.74) is 0. The van der Waals surface area contributed by atoms with Crippen molar-refractivity contribution in [2.75, 3.05) is 26.4 Å². The van der Waals surface area contributed by atoms with Gasteiger partial charge in [-0.3, -0.25) is 9.69 Å². The van der Waals surface area contributed by atoms with Gasteiger partial charge < -0.3 is 14.6 Å². The molecule has 5 heteroatoms. The Hall–Kier alpha value is -0.650. The zero-order valence-corrected chi connectivity index (χ0v) is 10.3. The van der Waals surface area contributed by atoms with Crippen LogP contribution >= 0.6 is 0 Å². The average molecular weight is 243 g/mol. The Morgan fingerprint density at radius 1 is 1.47 bits per heavy atom. The van der Waals surface area contributed by atoms with Gasteiger partial charge in [0.1, 0.15) is 0 Å². The Labute approximate surface area is 102 Å². The molecule has 2 aliphatic rings. The third-order valence-electron chi connectivity index (χ3n) is 3.61. The minimum absolute atomic E-state index is 0.0246. The smallest absolute Gasteiger partial charge is 0.305 e. The van der Waals surface area contributed by atoms with Gasteiger partial charge in [-0.2, -0.15) is 0 Å². The summed E-state index contributed by atoms with van der Waals surface area (Å²) in [6, 6.07) is 0.476. The third-order valence-corrected chi connectivity index (χ3v) is 3.61. The van der Waals surface area contributed by atoms with E-state index in [4.69, 9.17) is 14.6 Å². The molecule has 0 saturated carbocycles. The largest absolute Gasteiger partial charge is 0.481 e. The highest BCUT2D eigenvalue weighted by molar-refractivity contribution is 5.67. The van der Waals surface area contributed by atoms with Crippen molar-refractivity contribution >= 4 is 5.97 Å². The van der Waals surface area contributed by atoms with Crippen LogP contribution in [0.25, 0.3) is 0 Å². The number of aliphatic carboxylic acids is 1. The Kier molecular flexibility index (Phi) is 4.36. The first-order valence-electron chi connectivity index (χ1n) is 6.33. The molecule has 2 saturated heterocycles. The van der Waals surface area contributed by atoms with Gasteiger partial charge in [0, 0.05) is 25.2 Å². The maximum atomic E-state index is 10.9. The van der Waals surface area contributed by atoms with E-state index in [0.717, 1.165) is 26.0 Å². The lowest BCUT2D eigenvalue weighted by Gasteiger charge is -2.43. The van der Waals surface area contributed by atoms with E-state index in [9.17, 15) is 4.79 Å². The summed E-state index contributed by atoms with van der Waals surface area (Å²) in [4.78, 5) is 13.2. The molecule has 0 aliphatic carbocycles. The number of ether oxygens (including phenoxy) is 2. The number of carboxylic acids is 1. The minimum atomic E-state index is -0.745. The lowest BCUT2D eigenvalue weighted by molar-refractivity contribution is -0.141. The predicted molar refractivity (Wildman–Crippen MR) is 62.0 cm³/mol. The molecule has 3 atom stereocenters. The highest BCUT2D eigenvalue weighted by Gasteiger charge is 2.33. The fraction of sp³-hybridized carbons (Fsp3) is 0.917. The number of nitrogens with zero attached hydrogens (tertiary/aromatic N) is 1. The monoisotopic (exact) mass is 243 g/mol. The number of rotatable bonds is 3. The van der Waals surface area contributed by atoms with Crippen molar-refractivity contribution in [2.24, 2.45) is 0 Å². The van der Waals surface area contributed by atoms with Crippen LogP contribution in [-0.2, 0) is 14.3 Å². The third kappa shape index (κ3) is 3.40. The van der Waals surface area contributed by atoms with Crippen molar-refractivity contribution in [1.29, 1.82) is 0 Å². The quantitative estimate of drug-likeness (QED) is 0.792. The molecule has 2 heterocycles. The van der Waals surface area contributed by atoms with Crippen LogP contribution in [0.15, 0.2) is 0 Å². The molecule has 0 radical (unpaired) electrons. The fourth-order valence-electron chi connectivity index (χ4n) is 2.80. The first kappa shape index (κ1) is 12.8. The van der Waals surface area contributed by atoms with Gasteiger partial charge >= 0.3 is 5.97 Å². The molecule has 0 amide bonds. The summed E-state index contributed by atoms with van der Waals surface area (Å²) in [6.07, 6.45) is 2.45. The molecule has 2 aliphatic heterocycles. The van der Waals surface area contributed by atoms with Crippen molar-refractivity contribution in [3.63, 3.8) is 0 Å². The molecule has 1 N–H and O–H groups in total. The van der Waals surface area contributed by atoms with Gasteiger partial charge in [-0.05, 0) is 19.8 Å². The first-order chi connectivity index (χ1) is 8.16. The van der Waals surface area contributed by atoms with Crippen molar-refractivity contribution in [3.8, 4) is 0 Å². The van der Waals surface area contributed by atoms with E-state index in [0.29, 0.717) is 19.3 Å². The SMILES string of the molecule is CC1CC(N2CCOCC2CC(=O)O)CCO1. The van der Waals surface area contributed by atoms with Gasteiger partial charge in [0.05, 0.1) is 25.7 Å². The molecule has 5 nitrogen and oxygen atoms in total. The number of hydrogen-bond donors (Lipinski definition) is 1. The van der Waals surface area contributed by atoms with E-state index in [-0.39, 0.29) is 18.6 Å². The topological polar surface area (TPSA) is 59.0 Å². The molecule has 0 bridgehead atoms. The summed E-state index contributed by atoms with van der Waals surface area (Å²) in [5.74, 6) is -0.745. The maximum absolute atomic E-state index is 10.9. The maximum Gasteiger partial charge on any atom is 0.305 e. The standard InChI is InChI=1S/C12H21NO4/c1-9-6-10(2-4-17-9)13-3-5-16-8-11(13)7-12(14)15/h9-11H,2-8H2,1H3,(H,14,15).